The molecule has 32 heavy (non-hydrogen) atoms. The van der Waals surface area contributed by atoms with Crippen LogP contribution in [0.4, 0.5) is 0 Å². The van der Waals surface area contributed by atoms with Crippen LogP contribution in [0.3, 0.4) is 0 Å². The van der Waals surface area contributed by atoms with Crippen molar-refractivity contribution in [2.24, 2.45) is 0 Å². The van der Waals surface area contributed by atoms with Crippen LogP contribution >= 0.6 is 0 Å². The minimum atomic E-state index is 0.966. The third-order valence-corrected chi connectivity index (χ3v) is 7.01. The first-order valence-electron chi connectivity index (χ1n) is 11.1. The molecule has 4 heteroatoms. The van der Waals surface area contributed by atoms with Crippen molar-refractivity contribution in [2.75, 3.05) is 0 Å². The van der Waals surface area contributed by atoms with E-state index in [9.17, 15) is 0 Å². The quantitative estimate of drug-likeness (QED) is 0.201. The summed E-state index contributed by atoms with van der Waals surface area (Å²) in [4.78, 5) is 10.7. The molecule has 0 amide bonds. The Kier molecular flexibility index (Phi) is 2.96. The third-order valence-electron chi connectivity index (χ3n) is 7.01. The first kappa shape index (κ1) is 16.5. The van der Waals surface area contributed by atoms with E-state index < -0.39 is 0 Å². The van der Waals surface area contributed by atoms with Crippen LogP contribution in [0.5, 0.6) is 0 Å². The standard InChI is InChI=1S/C28H18N4/c1-3-9-19-17(7-1)18-8-2-4-10-20(18)24-23(19)29-25-21-11-5-13-31-15-16-32-14-6-12-22(26(25)30-24)28(32)27(21)31/h1-14H,15-16H2/q+2. The third kappa shape index (κ3) is 1.93. The Balaban J connectivity index is 1.74. The fraction of sp³-hybridized carbons (Fsp3) is 0.0714. The first-order valence-corrected chi connectivity index (χ1v) is 11.1. The van der Waals surface area contributed by atoms with Gasteiger partial charge in [0.1, 0.15) is 11.0 Å². The highest BCUT2D eigenvalue weighted by atomic mass is 15.1. The summed E-state index contributed by atoms with van der Waals surface area (Å²) in [6.07, 6.45) is 4.36. The molecule has 7 aromatic rings. The Labute approximate surface area is 183 Å². The lowest BCUT2D eigenvalue weighted by Gasteiger charge is -2.13. The number of hydrogen-bond donors (Lipinski definition) is 0. The van der Waals surface area contributed by atoms with E-state index in [1.807, 2.05) is 0 Å². The normalized spacial score (nSPS) is 13.4. The number of fused-ring (bicyclic) bond motifs is 9. The summed E-state index contributed by atoms with van der Waals surface area (Å²) in [7, 11) is 0. The van der Waals surface area contributed by atoms with E-state index in [2.05, 4.69) is 94.3 Å². The summed E-state index contributed by atoms with van der Waals surface area (Å²) in [5.74, 6) is 0. The average molecular weight is 410 g/mol. The van der Waals surface area contributed by atoms with Crippen molar-refractivity contribution >= 4 is 65.4 Å². The van der Waals surface area contributed by atoms with Crippen LogP contribution in [0.2, 0.25) is 0 Å². The Hall–Kier alpha value is -4.18. The van der Waals surface area contributed by atoms with Crippen molar-refractivity contribution in [3.05, 3.63) is 85.2 Å². The molecular weight excluding hydrogens is 392 g/mol. The second kappa shape index (κ2) is 5.74. The van der Waals surface area contributed by atoms with E-state index in [1.54, 1.807) is 0 Å². The van der Waals surface area contributed by atoms with Crippen LogP contribution in [0.1, 0.15) is 0 Å². The zero-order valence-corrected chi connectivity index (χ0v) is 17.3. The number of pyridine rings is 2. The van der Waals surface area contributed by atoms with Crippen LogP contribution in [0.25, 0.3) is 65.4 Å². The molecule has 0 atom stereocenters. The van der Waals surface area contributed by atoms with Crippen molar-refractivity contribution < 1.29 is 9.13 Å². The molecule has 4 aromatic carbocycles. The van der Waals surface area contributed by atoms with Crippen molar-refractivity contribution in [3.8, 4) is 0 Å². The van der Waals surface area contributed by atoms with Gasteiger partial charge in [-0.05, 0) is 22.9 Å². The number of aryl methyl sites for hydroxylation is 2. The monoisotopic (exact) mass is 410 g/mol. The molecule has 0 spiro atoms. The van der Waals surface area contributed by atoms with Crippen molar-refractivity contribution in [1.29, 1.82) is 0 Å². The van der Waals surface area contributed by atoms with E-state index >= 15 is 0 Å². The molecule has 0 saturated carbocycles. The molecule has 4 heterocycles. The molecule has 148 valence electrons. The molecule has 0 aliphatic carbocycles. The largest absolute Gasteiger partial charge is 0.287 e. The van der Waals surface area contributed by atoms with Gasteiger partial charge in [-0.2, -0.15) is 9.13 Å². The van der Waals surface area contributed by atoms with Gasteiger partial charge in [0, 0.05) is 22.9 Å². The van der Waals surface area contributed by atoms with E-state index in [4.69, 9.17) is 9.97 Å². The van der Waals surface area contributed by atoms with Gasteiger partial charge in [0.05, 0.1) is 21.8 Å². The van der Waals surface area contributed by atoms with Gasteiger partial charge >= 0.3 is 0 Å². The van der Waals surface area contributed by atoms with E-state index in [1.165, 1.54) is 32.6 Å². The van der Waals surface area contributed by atoms with Crippen molar-refractivity contribution in [2.45, 2.75) is 13.1 Å². The first-order chi connectivity index (χ1) is 15.9. The lowest BCUT2D eigenvalue weighted by Crippen LogP contribution is -2.50. The number of hydrogen-bond acceptors (Lipinski definition) is 2. The van der Waals surface area contributed by atoms with Gasteiger partial charge in [-0.15, -0.1) is 0 Å². The van der Waals surface area contributed by atoms with Gasteiger partial charge in [0.15, 0.2) is 12.4 Å². The minimum absolute atomic E-state index is 0.966. The molecule has 3 aromatic heterocycles. The topological polar surface area (TPSA) is 33.5 Å². The molecule has 0 N–H and O–H groups in total. The Morgan fingerprint density at radius 3 is 1.28 bits per heavy atom. The lowest BCUT2D eigenvalue weighted by atomic mass is 9.98. The average Bonchev–Trinajstić information content (AvgIpc) is 2.87. The highest BCUT2D eigenvalue weighted by molar-refractivity contribution is 6.26. The molecule has 0 unspecified atom stereocenters. The van der Waals surface area contributed by atoms with Gasteiger partial charge in [-0.1, -0.05) is 48.5 Å². The molecule has 0 radical (unpaired) electrons. The van der Waals surface area contributed by atoms with Crippen molar-refractivity contribution in [3.63, 3.8) is 0 Å². The van der Waals surface area contributed by atoms with Crippen LogP contribution in [-0.4, -0.2) is 9.97 Å². The van der Waals surface area contributed by atoms with E-state index in [0.717, 1.165) is 45.9 Å². The lowest BCUT2D eigenvalue weighted by molar-refractivity contribution is -0.771. The predicted octanol–water partition coefficient (Wildman–Crippen LogP) is 4.98. The van der Waals surface area contributed by atoms with Crippen LogP contribution in [0, 0.1) is 0 Å². The van der Waals surface area contributed by atoms with Gasteiger partial charge in [0.2, 0.25) is 13.1 Å². The molecular formula is C28H18N4+2. The molecule has 0 bridgehead atoms. The number of aromatic nitrogens is 4. The molecule has 1 aliphatic heterocycles. The minimum Gasteiger partial charge on any atom is -0.243 e. The number of rotatable bonds is 0. The second-order valence-corrected chi connectivity index (χ2v) is 8.64. The predicted molar refractivity (Wildman–Crippen MR) is 127 cm³/mol. The van der Waals surface area contributed by atoms with Crippen molar-refractivity contribution in [1.82, 2.24) is 9.97 Å². The summed E-state index contributed by atoms with van der Waals surface area (Å²) in [6, 6.07) is 25.8. The zero-order valence-electron chi connectivity index (χ0n) is 17.3. The zero-order chi connectivity index (χ0) is 20.8. The summed E-state index contributed by atoms with van der Waals surface area (Å²) >= 11 is 0. The Morgan fingerprint density at radius 2 is 0.812 bits per heavy atom. The van der Waals surface area contributed by atoms with Crippen LogP contribution in [-0.2, 0) is 13.1 Å². The fourth-order valence-corrected chi connectivity index (χ4v) is 5.64. The molecule has 8 rings (SSSR count). The smallest absolute Gasteiger partial charge is 0.243 e. The number of nitrogens with zero attached hydrogens (tertiary/aromatic N) is 4. The molecule has 0 saturated heterocycles. The summed E-state index contributed by atoms with van der Waals surface area (Å²) in [5, 5.41) is 7.10. The summed E-state index contributed by atoms with van der Waals surface area (Å²) in [5.41, 5.74) is 6.41. The summed E-state index contributed by atoms with van der Waals surface area (Å²) < 4.78 is 4.73. The van der Waals surface area contributed by atoms with E-state index in [-0.39, 0.29) is 0 Å². The van der Waals surface area contributed by atoms with Gasteiger partial charge < -0.3 is 0 Å². The SMILES string of the molecule is c1ccc2c(c1)c1ccccc1c1nc3c4ccc[n+]5c4c4c(ccc[n+]4CC5)c3nc21. The van der Waals surface area contributed by atoms with Crippen LogP contribution < -0.4 is 9.13 Å². The summed E-state index contributed by atoms with van der Waals surface area (Å²) in [6.45, 7) is 1.93. The van der Waals surface area contributed by atoms with Crippen LogP contribution in [0.15, 0.2) is 85.2 Å². The highest BCUT2D eigenvalue weighted by Crippen LogP contribution is 2.37. The maximum Gasteiger partial charge on any atom is 0.287 e. The number of benzene rings is 4. The highest BCUT2D eigenvalue weighted by Gasteiger charge is 2.30. The second-order valence-electron chi connectivity index (χ2n) is 8.64. The van der Waals surface area contributed by atoms with Gasteiger partial charge in [-0.25, -0.2) is 9.97 Å². The molecule has 4 nitrogen and oxygen atoms in total. The van der Waals surface area contributed by atoms with Gasteiger partial charge in [0.25, 0.3) is 11.0 Å². The maximum absolute atomic E-state index is 5.34. The molecule has 0 fully saturated rings. The van der Waals surface area contributed by atoms with E-state index in [0.29, 0.717) is 0 Å². The Morgan fingerprint density at radius 1 is 0.438 bits per heavy atom. The fourth-order valence-electron chi connectivity index (χ4n) is 5.64. The Bertz CT molecular complexity index is 1800. The maximum atomic E-state index is 5.34. The van der Waals surface area contributed by atoms with Gasteiger partial charge in [-0.3, -0.25) is 0 Å². The molecule has 1 aliphatic rings.